The summed E-state index contributed by atoms with van der Waals surface area (Å²) in [4.78, 5) is 38.0. The zero-order valence-electron chi connectivity index (χ0n) is 42.2. The minimum atomic E-state index is -0.817. The fraction of sp³-hybridized carbons (Fsp3) is 0.678. The molecule has 0 aromatic carbocycles. The SMILES string of the molecule is CCCCC/C=C\C/C=C\C/C=C\CCCCC(=O)OC[C@@H](COC(=O)CCCCCCCCC/C=C\C/C=C\CCCCC)OC(=O)CCCC/C=C\C/C=C\C/C=C\CCCCC. The van der Waals surface area contributed by atoms with Gasteiger partial charge in [-0.3, -0.25) is 14.4 Å². The minimum absolute atomic E-state index is 0.110. The highest BCUT2D eigenvalue weighted by Gasteiger charge is 2.19. The van der Waals surface area contributed by atoms with E-state index in [1.54, 1.807) is 0 Å². The second kappa shape index (κ2) is 52.9. The van der Waals surface area contributed by atoms with Crippen molar-refractivity contribution in [2.24, 2.45) is 0 Å². The van der Waals surface area contributed by atoms with Crippen LogP contribution < -0.4 is 0 Å². The van der Waals surface area contributed by atoms with Crippen LogP contribution in [0.1, 0.15) is 239 Å². The largest absolute Gasteiger partial charge is 0.462 e. The first kappa shape index (κ1) is 61.3. The standard InChI is InChI=1S/C59H98O6/c1-4-7-10-13-16-19-22-25-28-29-32-34-37-40-43-46-49-52-58(61)64-55-56(65-59(62)53-50-47-44-41-38-35-31-27-24-21-18-15-12-9-6-3)54-63-57(60)51-48-45-42-39-36-33-30-26-23-20-17-14-11-8-5-2/h16-21,25-28,30-31,36,38-39,41,56H,4-15,22-24,29,32-35,37,40,42-55H2,1-3H3/b19-16-,20-17-,21-18-,28-25-,30-26-,31-27-,39-36-,41-38-/t56-/m0/s1. The lowest BCUT2D eigenvalue weighted by molar-refractivity contribution is -0.167. The summed E-state index contributed by atoms with van der Waals surface area (Å²) in [5, 5.41) is 0. The van der Waals surface area contributed by atoms with Gasteiger partial charge in [0.2, 0.25) is 0 Å². The van der Waals surface area contributed by atoms with E-state index in [-0.39, 0.29) is 37.5 Å². The van der Waals surface area contributed by atoms with Crippen molar-refractivity contribution in [3.8, 4) is 0 Å². The molecule has 0 unspecified atom stereocenters. The summed E-state index contributed by atoms with van der Waals surface area (Å²) in [6.45, 7) is 6.48. The van der Waals surface area contributed by atoms with Crippen LogP contribution >= 0.6 is 0 Å². The number of carbonyl (C=O) groups is 3. The third-order valence-electron chi connectivity index (χ3n) is 11.0. The average molecular weight is 903 g/mol. The Kier molecular flexibility index (Phi) is 50.0. The maximum atomic E-state index is 12.8. The van der Waals surface area contributed by atoms with Crippen molar-refractivity contribution in [3.05, 3.63) is 97.2 Å². The van der Waals surface area contributed by atoms with Crippen molar-refractivity contribution in [2.45, 2.75) is 245 Å². The van der Waals surface area contributed by atoms with E-state index in [9.17, 15) is 14.4 Å². The van der Waals surface area contributed by atoms with Gasteiger partial charge in [0.25, 0.3) is 0 Å². The Balaban J connectivity index is 4.52. The highest BCUT2D eigenvalue weighted by Crippen LogP contribution is 2.13. The molecule has 0 aliphatic rings. The van der Waals surface area contributed by atoms with E-state index < -0.39 is 6.10 Å². The lowest BCUT2D eigenvalue weighted by Crippen LogP contribution is -2.30. The van der Waals surface area contributed by atoms with E-state index in [0.29, 0.717) is 19.3 Å². The lowest BCUT2D eigenvalue weighted by Gasteiger charge is -2.18. The Morgan fingerprint density at radius 2 is 0.554 bits per heavy atom. The smallest absolute Gasteiger partial charge is 0.306 e. The second-order valence-electron chi connectivity index (χ2n) is 17.4. The van der Waals surface area contributed by atoms with Gasteiger partial charge in [-0.25, -0.2) is 0 Å². The summed E-state index contributed by atoms with van der Waals surface area (Å²) in [6.07, 6.45) is 69.6. The molecule has 0 aromatic rings. The molecule has 0 N–H and O–H groups in total. The molecule has 0 fully saturated rings. The van der Waals surface area contributed by atoms with Crippen LogP contribution in [-0.4, -0.2) is 37.2 Å². The third kappa shape index (κ3) is 51.2. The molecule has 0 saturated carbocycles. The second-order valence-corrected chi connectivity index (χ2v) is 17.4. The molecule has 0 aliphatic carbocycles. The van der Waals surface area contributed by atoms with Crippen molar-refractivity contribution in [1.82, 2.24) is 0 Å². The van der Waals surface area contributed by atoms with Gasteiger partial charge in [-0.15, -0.1) is 0 Å². The zero-order valence-corrected chi connectivity index (χ0v) is 42.2. The molecule has 0 amide bonds. The van der Waals surface area contributed by atoms with Crippen LogP contribution in [0.25, 0.3) is 0 Å². The fourth-order valence-electron chi connectivity index (χ4n) is 6.95. The molecular formula is C59H98O6. The van der Waals surface area contributed by atoms with Crippen LogP contribution in [0, 0.1) is 0 Å². The van der Waals surface area contributed by atoms with Crippen molar-refractivity contribution >= 4 is 17.9 Å². The van der Waals surface area contributed by atoms with E-state index in [0.717, 1.165) is 89.9 Å². The predicted octanol–water partition coefficient (Wildman–Crippen LogP) is 17.8. The van der Waals surface area contributed by atoms with E-state index in [4.69, 9.17) is 14.2 Å². The van der Waals surface area contributed by atoms with Crippen molar-refractivity contribution in [3.63, 3.8) is 0 Å². The third-order valence-corrected chi connectivity index (χ3v) is 11.0. The van der Waals surface area contributed by atoms with Gasteiger partial charge in [-0.2, -0.15) is 0 Å². The minimum Gasteiger partial charge on any atom is -0.462 e. The monoisotopic (exact) mass is 903 g/mol. The molecule has 0 saturated heterocycles. The number of ether oxygens (including phenoxy) is 3. The number of rotatable bonds is 47. The summed E-state index contributed by atoms with van der Waals surface area (Å²) in [6, 6.07) is 0. The van der Waals surface area contributed by atoms with Crippen LogP contribution in [0.4, 0.5) is 0 Å². The van der Waals surface area contributed by atoms with Gasteiger partial charge in [0.05, 0.1) is 0 Å². The fourth-order valence-corrected chi connectivity index (χ4v) is 6.95. The average Bonchev–Trinajstić information content (AvgIpc) is 3.30. The van der Waals surface area contributed by atoms with Crippen molar-refractivity contribution < 1.29 is 28.6 Å². The Bertz CT molecular complexity index is 1310. The Morgan fingerprint density at radius 1 is 0.308 bits per heavy atom. The molecule has 6 nitrogen and oxygen atoms in total. The molecule has 0 aliphatic heterocycles. The first-order valence-corrected chi connectivity index (χ1v) is 26.7. The number of carbonyl (C=O) groups excluding carboxylic acids is 3. The highest BCUT2D eigenvalue weighted by molar-refractivity contribution is 5.71. The molecule has 0 aromatic heterocycles. The Hall–Kier alpha value is -3.67. The first-order chi connectivity index (χ1) is 32.0. The van der Waals surface area contributed by atoms with Crippen molar-refractivity contribution in [1.29, 1.82) is 0 Å². The number of hydrogen-bond acceptors (Lipinski definition) is 6. The number of allylic oxidation sites excluding steroid dienone is 16. The first-order valence-electron chi connectivity index (χ1n) is 26.7. The number of unbranched alkanes of at least 4 members (excludes halogenated alkanes) is 20. The summed E-state index contributed by atoms with van der Waals surface area (Å²) in [5.74, 6) is -0.998. The van der Waals surface area contributed by atoms with Gasteiger partial charge in [0.15, 0.2) is 6.10 Å². The highest BCUT2D eigenvalue weighted by atomic mass is 16.6. The van der Waals surface area contributed by atoms with Crippen LogP contribution in [0.3, 0.4) is 0 Å². The topological polar surface area (TPSA) is 78.9 Å². The van der Waals surface area contributed by atoms with Crippen molar-refractivity contribution in [2.75, 3.05) is 13.2 Å². The molecule has 0 rings (SSSR count). The van der Waals surface area contributed by atoms with Gasteiger partial charge in [-0.05, 0) is 128 Å². The quantitative estimate of drug-likeness (QED) is 0.0262. The molecule has 0 spiro atoms. The summed E-state index contributed by atoms with van der Waals surface area (Å²) in [5.41, 5.74) is 0. The predicted molar refractivity (Wildman–Crippen MR) is 279 cm³/mol. The molecule has 65 heavy (non-hydrogen) atoms. The molecule has 1 atom stereocenters. The van der Waals surface area contributed by atoms with E-state index in [2.05, 4.69) is 118 Å². The van der Waals surface area contributed by atoms with E-state index in [1.807, 2.05) is 0 Å². The van der Waals surface area contributed by atoms with E-state index in [1.165, 1.54) is 103 Å². The normalized spacial score (nSPS) is 12.8. The van der Waals surface area contributed by atoms with Crippen LogP contribution in [0.5, 0.6) is 0 Å². The number of esters is 3. The molecule has 6 heteroatoms. The van der Waals surface area contributed by atoms with Gasteiger partial charge >= 0.3 is 17.9 Å². The van der Waals surface area contributed by atoms with Crippen LogP contribution in [-0.2, 0) is 28.6 Å². The summed E-state index contributed by atoms with van der Waals surface area (Å²) in [7, 11) is 0. The Morgan fingerprint density at radius 3 is 0.892 bits per heavy atom. The molecule has 0 bridgehead atoms. The van der Waals surface area contributed by atoms with Gasteiger partial charge in [0.1, 0.15) is 13.2 Å². The van der Waals surface area contributed by atoms with E-state index >= 15 is 0 Å². The summed E-state index contributed by atoms with van der Waals surface area (Å²) < 4.78 is 16.7. The van der Waals surface area contributed by atoms with Gasteiger partial charge in [-0.1, -0.05) is 189 Å². The Labute approximate surface area is 400 Å². The van der Waals surface area contributed by atoms with Crippen LogP contribution in [0.15, 0.2) is 97.2 Å². The maximum absolute atomic E-state index is 12.8. The van der Waals surface area contributed by atoms with Gasteiger partial charge in [0, 0.05) is 19.3 Å². The lowest BCUT2D eigenvalue weighted by atomic mass is 10.1. The van der Waals surface area contributed by atoms with Crippen LogP contribution in [0.2, 0.25) is 0 Å². The number of hydrogen-bond donors (Lipinski definition) is 0. The summed E-state index contributed by atoms with van der Waals surface area (Å²) >= 11 is 0. The van der Waals surface area contributed by atoms with Gasteiger partial charge < -0.3 is 14.2 Å². The molecule has 0 heterocycles. The molecule has 0 radical (unpaired) electrons. The molecular weight excluding hydrogens is 805 g/mol. The maximum Gasteiger partial charge on any atom is 0.306 e. The zero-order chi connectivity index (χ0) is 47.2. The molecule has 370 valence electrons.